The Kier molecular flexibility index (Phi) is 12.0. The van der Waals surface area contributed by atoms with Gasteiger partial charge in [0.05, 0.1) is 31.9 Å². The molecule has 0 aliphatic carbocycles. The normalized spacial score (nSPS) is 20.8. The van der Waals surface area contributed by atoms with Gasteiger partial charge in [-0.25, -0.2) is 4.79 Å². The van der Waals surface area contributed by atoms with Gasteiger partial charge in [0.2, 0.25) is 6.10 Å². The van der Waals surface area contributed by atoms with Crippen LogP contribution in [-0.4, -0.2) is 91.5 Å². The number of nitrogens with one attached hydrogen (secondary N) is 1. The first-order valence-corrected chi connectivity index (χ1v) is 17.2. The van der Waals surface area contributed by atoms with Crippen molar-refractivity contribution in [1.29, 1.82) is 0 Å². The Morgan fingerprint density at radius 3 is 1.85 bits per heavy atom. The zero-order chi connectivity index (χ0) is 38.3. The summed E-state index contributed by atoms with van der Waals surface area (Å²) < 4.78 is 33.1. The molecule has 2 fully saturated rings. The van der Waals surface area contributed by atoms with Gasteiger partial charge in [-0.3, -0.25) is 24.1 Å². The Morgan fingerprint density at radius 2 is 1.38 bits per heavy atom. The van der Waals surface area contributed by atoms with Crippen molar-refractivity contribution in [3.63, 3.8) is 0 Å². The third kappa shape index (κ3) is 8.75. The van der Waals surface area contributed by atoms with E-state index in [9.17, 15) is 24.0 Å². The van der Waals surface area contributed by atoms with Crippen LogP contribution in [0.25, 0.3) is 0 Å². The number of carbonyl (C=O) groups is 5. The molecule has 1 unspecified atom stereocenters. The van der Waals surface area contributed by atoms with Gasteiger partial charge in [0, 0.05) is 27.3 Å². The van der Waals surface area contributed by atoms with E-state index in [1.807, 2.05) is 84.9 Å². The number of benzene rings is 3. The van der Waals surface area contributed by atoms with Crippen molar-refractivity contribution in [3.8, 4) is 5.75 Å². The van der Waals surface area contributed by atoms with Crippen molar-refractivity contribution in [3.05, 3.63) is 113 Å². The van der Waals surface area contributed by atoms with Gasteiger partial charge in [-0.1, -0.05) is 72.8 Å². The monoisotopic (exact) mass is 728 g/mol. The number of ether oxygens (including phenoxy) is 6. The van der Waals surface area contributed by atoms with E-state index in [4.69, 9.17) is 28.4 Å². The summed E-state index contributed by atoms with van der Waals surface area (Å²) in [5.41, 5.74) is 0.225. The van der Waals surface area contributed by atoms with E-state index in [1.165, 1.54) is 19.9 Å². The molecule has 6 atom stereocenters. The fourth-order valence-corrected chi connectivity index (χ4v) is 6.57. The molecule has 0 saturated carbocycles. The topological polar surface area (TPSA) is 159 Å². The highest BCUT2D eigenvalue weighted by Gasteiger charge is 2.58. The van der Waals surface area contributed by atoms with Gasteiger partial charge in [-0.15, -0.1) is 0 Å². The van der Waals surface area contributed by atoms with E-state index in [2.05, 4.69) is 10.2 Å². The first-order chi connectivity index (χ1) is 25.3. The molecule has 5 rings (SSSR count). The number of epoxide rings is 1. The Balaban J connectivity index is 1.62. The van der Waals surface area contributed by atoms with Crippen molar-refractivity contribution in [2.75, 3.05) is 26.9 Å². The molecule has 2 heterocycles. The van der Waals surface area contributed by atoms with Crippen LogP contribution in [0.1, 0.15) is 51.3 Å². The number of hydrogen-bond acceptors (Lipinski definition) is 12. The summed E-state index contributed by atoms with van der Waals surface area (Å²) in [4.78, 5) is 66.4. The summed E-state index contributed by atoms with van der Waals surface area (Å²) in [5, 5.41) is 2.49. The van der Waals surface area contributed by atoms with Crippen LogP contribution < -0.4 is 10.1 Å². The highest BCUT2D eigenvalue weighted by Crippen LogP contribution is 2.50. The number of rotatable bonds is 16. The van der Waals surface area contributed by atoms with Gasteiger partial charge in [0.15, 0.2) is 12.2 Å². The van der Waals surface area contributed by atoms with Crippen LogP contribution in [0.2, 0.25) is 0 Å². The summed E-state index contributed by atoms with van der Waals surface area (Å²) in [6, 6.07) is 26.7. The van der Waals surface area contributed by atoms with Gasteiger partial charge in [0.25, 0.3) is 5.91 Å². The molecule has 3 aromatic rings. The molecule has 2 aliphatic rings. The van der Waals surface area contributed by atoms with E-state index in [-0.39, 0.29) is 13.2 Å². The molecule has 0 bridgehead atoms. The lowest BCUT2D eigenvalue weighted by Crippen LogP contribution is -2.47. The molecular weight excluding hydrogens is 684 g/mol. The number of nitrogens with zero attached hydrogens (tertiary/aromatic N) is 1. The standard InChI is InChI=1S/C40H44N2O11/c1-7-49-38(47)32(41-37(46)36(53-27(4)45)39(5)24-50-39)22-34(51-25(2)43)35(52-26(3)44)33-23-42(33)40(28-14-10-8-11-15-28,29-16-12-9-13-17-29)30-18-20-31(48-6)21-19-30/h8-22,33-36H,7,23-24H2,1-6H3,(H,41,46)/b32-22-/t33-,34+,35+,36+,39-,42?/m0/s1. The summed E-state index contributed by atoms with van der Waals surface area (Å²) in [7, 11) is 1.59. The largest absolute Gasteiger partial charge is 0.497 e. The third-order valence-electron chi connectivity index (χ3n) is 9.04. The summed E-state index contributed by atoms with van der Waals surface area (Å²) in [6.45, 7) is 7.15. The van der Waals surface area contributed by atoms with Crippen molar-refractivity contribution in [2.24, 2.45) is 0 Å². The average molecular weight is 729 g/mol. The maximum Gasteiger partial charge on any atom is 0.354 e. The quantitative estimate of drug-likeness (QED) is 0.0749. The predicted molar refractivity (Wildman–Crippen MR) is 190 cm³/mol. The summed E-state index contributed by atoms with van der Waals surface area (Å²) >= 11 is 0. The second-order valence-corrected chi connectivity index (χ2v) is 12.9. The Hall–Kier alpha value is -5.53. The second-order valence-electron chi connectivity index (χ2n) is 12.9. The smallest absolute Gasteiger partial charge is 0.354 e. The van der Waals surface area contributed by atoms with Crippen LogP contribution in [0.3, 0.4) is 0 Å². The Morgan fingerprint density at radius 1 is 0.849 bits per heavy atom. The van der Waals surface area contributed by atoms with Crippen molar-refractivity contribution < 1.29 is 52.4 Å². The lowest BCUT2D eigenvalue weighted by molar-refractivity contribution is -0.162. The zero-order valence-corrected chi connectivity index (χ0v) is 30.5. The molecule has 53 heavy (non-hydrogen) atoms. The maximum absolute atomic E-state index is 13.6. The predicted octanol–water partition coefficient (Wildman–Crippen LogP) is 3.82. The molecule has 0 spiro atoms. The van der Waals surface area contributed by atoms with Crippen LogP contribution in [0.15, 0.2) is 96.7 Å². The minimum Gasteiger partial charge on any atom is -0.497 e. The van der Waals surface area contributed by atoms with Crippen LogP contribution in [0, 0.1) is 0 Å². The zero-order valence-electron chi connectivity index (χ0n) is 30.5. The fourth-order valence-electron chi connectivity index (χ4n) is 6.57. The summed E-state index contributed by atoms with van der Waals surface area (Å²) in [5.74, 6) is -3.31. The fraction of sp³-hybridized carbons (Fsp3) is 0.375. The lowest BCUT2D eigenvalue weighted by atomic mass is 9.76. The van der Waals surface area contributed by atoms with E-state index in [0.717, 1.165) is 23.6 Å². The lowest BCUT2D eigenvalue weighted by Gasteiger charge is -2.39. The molecule has 2 saturated heterocycles. The summed E-state index contributed by atoms with van der Waals surface area (Å²) in [6.07, 6.45) is -2.81. The molecule has 2 aliphatic heterocycles. The molecular formula is C40H44N2O11. The Labute approximate surface area is 308 Å². The molecule has 0 radical (unpaired) electrons. The van der Waals surface area contributed by atoms with Crippen LogP contribution in [0.4, 0.5) is 0 Å². The minimum atomic E-state index is -1.41. The van der Waals surface area contributed by atoms with E-state index in [0.29, 0.717) is 12.3 Å². The first-order valence-electron chi connectivity index (χ1n) is 17.2. The van der Waals surface area contributed by atoms with Crippen LogP contribution in [-0.2, 0) is 53.2 Å². The second kappa shape index (κ2) is 16.4. The third-order valence-corrected chi connectivity index (χ3v) is 9.04. The SMILES string of the molecule is CCOC(=O)/C(=C/[C@@H](OC(C)=O)[C@H](OC(C)=O)[C@@H]1CN1C(c1ccccc1)(c1ccccc1)c1ccc(OC)cc1)NC(=O)[C@@H](OC(C)=O)[C@]1(C)CO1. The molecule has 3 aromatic carbocycles. The van der Waals surface area contributed by atoms with Gasteiger partial charge in [-0.05, 0) is 48.7 Å². The van der Waals surface area contributed by atoms with Crippen molar-refractivity contribution in [1.82, 2.24) is 10.2 Å². The number of esters is 4. The van der Waals surface area contributed by atoms with Gasteiger partial charge in [0.1, 0.15) is 17.0 Å². The van der Waals surface area contributed by atoms with E-state index >= 15 is 0 Å². The number of carbonyl (C=O) groups excluding carboxylic acids is 5. The van der Waals surface area contributed by atoms with Crippen molar-refractivity contribution >= 4 is 29.8 Å². The average Bonchev–Trinajstić information content (AvgIpc) is 4.08. The highest BCUT2D eigenvalue weighted by molar-refractivity contribution is 5.96. The van der Waals surface area contributed by atoms with E-state index < -0.39 is 71.0 Å². The van der Waals surface area contributed by atoms with Gasteiger partial charge < -0.3 is 33.7 Å². The molecule has 13 nitrogen and oxygen atoms in total. The van der Waals surface area contributed by atoms with Crippen LogP contribution >= 0.6 is 0 Å². The van der Waals surface area contributed by atoms with Gasteiger partial charge in [-0.2, -0.15) is 0 Å². The van der Waals surface area contributed by atoms with E-state index in [1.54, 1.807) is 21.0 Å². The molecule has 0 aromatic heterocycles. The Bertz CT molecular complexity index is 1780. The molecule has 280 valence electrons. The molecule has 1 N–H and O–H groups in total. The highest BCUT2D eigenvalue weighted by atomic mass is 16.6. The van der Waals surface area contributed by atoms with Gasteiger partial charge >= 0.3 is 23.9 Å². The number of methoxy groups -OCH3 is 1. The van der Waals surface area contributed by atoms with Crippen molar-refractivity contribution in [2.45, 2.75) is 70.1 Å². The van der Waals surface area contributed by atoms with Crippen LogP contribution in [0.5, 0.6) is 5.75 Å². The number of amides is 1. The molecule has 13 heteroatoms. The minimum absolute atomic E-state index is 0.0548. The maximum atomic E-state index is 13.6. The first kappa shape index (κ1) is 38.7. The number of hydrogen-bond donors (Lipinski definition) is 1. The molecule has 1 amide bonds.